The van der Waals surface area contributed by atoms with Crippen molar-refractivity contribution in [3.63, 3.8) is 0 Å². The van der Waals surface area contributed by atoms with Crippen LogP contribution in [0.25, 0.3) is 0 Å². The van der Waals surface area contributed by atoms with Crippen LogP contribution in [0.1, 0.15) is 5.69 Å². The fraction of sp³-hybridized carbons (Fsp3) is 0.100. The van der Waals surface area contributed by atoms with E-state index in [4.69, 9.17) is 5.11 Å². The van der Waals surface area contributed by atoms with E-state index in [2.05, 4.69) is 9.71 Å². The molecule has 2 aromatic rings. The van der Waals surface area contributed by atoms with Gasteiger partial charge in [-0.05, 0) is 23.6 Å². The predicted octanol–water partition coefficient (Wildman–Crippen LogP) is 1.50. The van der Waals surface area contributed by atoms with Crippen molar-refractivity contribution in [1.82, 2.24) is 4.98 Å². The normalized spacial score (nSPS) is 11.3. The summed E-state index contributed by atoms with van der Waals surface area (Å²) in [7, 11) is -3.60. The van der Waals surface area contributed by atoms with E-state index in [0.29, 0.717) is 5.69 Å². The Labute approximate surface area is 107 Å². The second-order valence-electron chi connectivity index (χ2n) is 3.51. The van der Waals surface area contributed by atoms with Crippen LogP contribution in [0.4, 0.5) is 5.82 Å². The SMILES string of the molecule is O=C(O)Cc1ccc(NS(=O)(=O)c2cccs2)[nH]1. The maximum atomic E-state index is 11.9. The molecule has 0 bridgehead atoms. The molecular formula is C10H10N2O4S2. The molecule has 6 nitrogen and oxygen atoms in total. The molecule has 0 aromatic carbocycles. The Bertz CT molecular complexity index is 643. The van der Waals surface area contributed by atoms with Gasteiger partial charge < -0.3 is 10.1 Å². The largest absolute Gasteiger partial charge is 0.481 e. The second kappa shape index (κ2) is 4.83. The van der Waals surface area contributed by atoms with E-state index in [1.807, 2.05) is 0 Å². The van der Waals surface area contributed by atoms with Gasteiger partial charge in [0.05, 0.1) is 6.42 Å². The molecule has 0 aliphatic heterocycles. The van der Waals surface area contributed by atoms with Crippen LogP contribution in [0.15, 0.2) is 33.9 Å². The number of carboxylic acid groups (broad SMARTS) is 1. The smallest absolute Gasteiger partial charge is 0.309 e. The first-order chi connectivity index (χ1) is 8.47. The van der Waals surface area contributed by atoms with Crippen LogP contribution in [0.5, 0.6) is 0 Å². The topological polar surface area (TPSA) is 99.3 Å². The van der Waals surface area contributed by atoms with Crippen molar-refractivity contribution >= 4 is 33.1 Å². The van der Waals surface area contributed by atoms with Crippen LogP contribution in [-0.4, -0.2) is 24.5 Å². The highest BCUT2D eigenvalue weighted by molar-refractivity contribution is 7.94. The van der Waals surface area contributed by atoms with Gasteiger partial charge in [-0.3, -0.25) is 9.52 Å². The van der Waals surface area contributed by atoms with Crippen molar-refractivity contribution in [1.29, 1.82) is 0 Å². The minimum atomic E-state index is -3.60. The average Bonchev–Trinajstić information content (AvgIpc) is 2.87. The Hall–Kier alpha value is -1.80. The molecule has 0 atom stereocenters. The van der Waals surface area contributed by atoms with Crippen molar-refractivity contribution in [2.24, 2.45) is 0 Å². The van der Waals surface area contributed by atoms with E-state index in [1.54, 1.807) is 11.4 Å². The van der Waals surface area contributed by atoms with E-state index < -0.39 is 16.0 Å². The number of nitrogens with one attached hydrogen (secondary N) is 2. The number of H-pyrrole nitrogens is 1. The van der Waals surface area contributed by atoms with Gasteiger partial charge in [0, 0.05) is 5.69 Å². The standard InChI is InChI=1S/C10H10N2O4S2/c13-9(14)6-7-3-4-8(11-7)12-18(15,16)10-2-1-5-17-10/h1-5,11-12H,6H2,(H,13,14). The molecule has 0 amide bonds. The van der Waals surface area contributed by atoms with Crippen LogP contribution < -0.4 is 4.72 Å². The van der Waals surface area contributed by atoms with Gasteiger partial charge in [0.15, 0.2) is 0 Å². The molecule has 0 radical (unpaired) electrons. The van der Waals surface area contributed by atoms with Gasteiger partial charge in [0.25, 0.3) is 10.0 Å². The highest BCUT2D eigenvalue weighted by Gasteiger charge is 2.16. The minimum Gasteiger partial charge on any atom is -0.481 e. The maximum absolute atomic E-state index is 11.9. The molecule has 0 unspecified atom stereocenters. The third-order valence-corrected chi connectivity index (χ3v) is 4.86. The van der Waals surface area contributed by atoms with Gasteiger partial charge in [-0.2, -0.15) is 0 Å². The van der Waals surface area contributed by atoms with E-state index in [0.717, 1.165) is 11.3 Å². The number of aromatic nitrogens is 1. The first-order valence-electron chi connectivity index (χ1n) is 4.93. The fourth-order valence-electron chi connectivity index (χ4n) is 1.38. The van der Waals surface area contributed by atoms with Crippen molar-refractivity contribution in [2.75, 3.05) is 4.72 Å². The monoisotopic (exact) mass is 286 g/mol. The Balaban J connectivity index is 2.15. The molecule has 2 heterocycles. The molecule has 0 aliphatic rings. The van der Waals surface area contributed by atoms with E-state index >= 15 is 0 Å². The quantitative estimate of drug-likeness (QED) is 0.775. The zero-order valence-electron chi connectivity index (χ0n) is 9.08. The third-order valence-electron chi connectivity index (χ3n) is 2.09. The van der Waals surface area contributed by atoms with E-state index in [9.17, 15) is 13.2 Å². The number of hydrogen-bond donors (Lipinski definition) is 3. The minimum absolute atomic E-state index is 0.180. The van der Waals surface area contributed by atoms with Gasteiger partial charge in [-0.15, -0.1) is 11.3 Å². The molecule has 2 aromatic heterocycles. The lowest BCUT2D eigenvalue weighted by Gasteiger charge is -2.03. The van der Waals surface area contributed by atoms with Gasteiger partial charge >= 0.3 is 5.97 Å². The van der Waals surface area contributed by atoms with E-state index in [1.165, 1.54) is 18.2 Å². The molecular weight excluding hydrogens is 276 g/mol. The Morgan fingerprint density at radius 2 is 2.17 bits per heavy atom. The molecule has 0 saturated carbocycles. The zero-order chi connectivity index (χ0) is 13.2. The van der Waals surface area contributed by atoms with Crippen LogP contribution in [0.2, 0.25) is 0 Å². The van der Waals surface area contributed by atoms with Crippen molar-refractivity contribution < 1.29 is 18.3 Å². The highest BCUT2D eigenvalue weighted by Crippen LogP contribution is 2.19. The van der Waals surface area contributed by atoms with Gasteiger partial charge in [-0.25, -0.2) is 8.42 Å². The summed E-state index contributed by atoms with van der Waals surface area (Å²) in [5.41, 5.74) is 0.436. The number of thiophene rings is 1. The summed E-state index contributed by atoms with van der Waals surface area (Å²) in [5.74, 6) is -0.732. The molecule has 0 fully saturated rings. The second-order valence-corrected chi connectivity index (χ2v) is 6.36. The lowest BCUT2D eigenvalue weighted by atomic mass is 10.3. The first kappa shape index (κ1) is 12.7. The molecule has 2 rings (SSSR count). The average molecular weight is 286 g/mol. The summed E-state index contributed by atoms with van der Waals surface area (Å²) in [6.07, 6.45) is -0.180. The highest BCUT2D eigenvalue weighted by atomic mass is 32.2. The predicted molar refractivity (Wildman–Crippen MR) is 67.3 cm³/mol. The van der Waals surface area contributed by atoms with Crippen molar-refractivity contribution in [3.8, 4) is 0 Å². The summed E-state index contributed by atoms with van der Waals surface area (Å²) >= 11 is 1.11. The summed E-state index contributed by atoms with van der Waals surface area (Å²) in [6, 6.07) is 6.15. The Kier molecular flexibility index (Phi) is 3.39. The van der Waals surface area contributed by atoms with Gasteiger partial charge in [-0.1, -0.05) is 6.07 Å². The summed E-state index contributed by atoms with van der Waals surface area (Å²) in [4.78, 5) is 13.2. The number of aliphatic carboxylic acids is 1. The number of aromatic amines is 1. The number of sulfonamides is 1. The van der Waals surface area contributed by atoms with Crippen molar-refractivity contribution in [3.05, 3.63) is 35.3 Å². The summed E-state index contributed by atoms with van der Waals surface area (Å²) in [5, 5.41) is 10.3. The number of anilines is 1. The molecule has 0 saturated heterocycles. The molecule has 0 aliphatic carbocycles. The number of carbonyl (C=O) groups is 1. The molecule has 3 N–H and O–H groups in total. The van der Waals surface area contributed by atoms with Gasteiger partial charge in [0.2, 0.25) is 0 Å². The van der Waals surface area contributed by atoms with Crippen molar-refractivity contribution in [2.45, 2.75) is 10.6 Å². The van der Waals surface area contributed by atoms with Crippen LogP contribution in [0.3, 0.4) is 0 Å². The first-order valence-corrected chi connectivity index (χ1v) is 7.30. The van der Waals surface area contributed by atoms with Crippen LogP contribution in [-0.2, 0) is 21.2 Å². The number of rotatable bonds is 5. The summed E-state index contributed by atoms with van der Waals surface area (Å²) in [6.45, 7) is 0. The molecule has 18 heavy (non-hydrogen) atoms. The molecule has 8 heteroatoms. The molecule has 96 valence electrons. The zero-order valence-corrected chi connectivity index (χ0v) is 10.7. The number of carboxylic acids is 1. The third kappa shape index (κ3) is 2.90. The lowest BCUT2D eigenvalue weighted by Crippen LogP contribution is -2.11. The van der Waals surface area contributed by atoms with Gasteiger partial charge in [0.1, 0.15) is 10.0 Å². The molecule has 0 spiro atoms. The number of hydrogen-bond acceptors (Lipinski definition) is 4. The summed E-state index contributed by atoms with van der Waals surface area (Å²) < 4.78 is 26.3. The lowest BCUT2D eigenvalue weighted by molar-refractivity contribution is -0.136. The maximum Gasteiger partial charge on any atom is 0.309 e. The van der Waals surface area contributed by atoms with Crippen LogP contribution in [0, 0.1) is 0 Å². The van der Waals surface area contributed by atoms with E-state index in [-0.39, 0.29) is 16.4 Å². The van der Waals surface area contributed by atoms with Crippen LogP contribution >= 0.6 is 11.3 Å². The Morgan fingerprint density at radius 1 is 1.39 bits per heavy atom. The Morgan fingerprint density at radius 3 is 2.78 bits per heavy atom. The fourth-order valence-corrected chi connectivity index (χ4v) is 3.39.